The Morgan fingerprint density at radius 1 is 1.24 bits per heavy atom. The van der Waals surface area contributed by atoms with Crippen LogP contribution >= 0.6 is 11.6 Å². The molecule has 0 spiro atoms. The molecule has 2 aromatic carbocycles. The minimum Gasteiger partial charge on any atom is -0.497 e. The fourth-order valence-corrected chi connectivity index (χ4v) is 5.46. The van der Waals surface area contributed by atoms with E-state index in [9.17, 15) is 19.4 Å². The summed E-state index contributed by atoms with van der Waals surface area (Å²) in [5.41, 5.74) is 2.21. The van der Waals surface area contributed by atoms with E-state index in [1.54, 1.807) is 19.4 Å². The molecule has 200 valence electrons. The number of aliphatic hydroxyl groups excluding tert-OH is 1. The van der Waals surface area contributed by atoms with Crippen molar-refractivity contribution >= 4 is 28.5 Å². The number of hydrogen-bond donors (Lipinski definition) is 2. The van der Waals surface area contributed by atoms with Crippen molar-refractivity contribution in [1.29, 1.82) is 0 Å². The molecule has 4 rings (SSSR count). The first-order chi connectivity index (χ1) is 18.3. The first-order valence-corrected chi connectivity index (χ1v) is 13.2. The molecule has 0 saturated carbocycles. The van der Waals surface area contributed by atoms with Gasteiger partial charge in [-0.25, -0.2) is 4.39 Å². The summed E-state index contributed by atoms with van der Waals surface area (Å²) in [6.45, 7) is 2.11. The molecule has 1 saturated heterocycles. The number of methoxy groups -OCH3 is 1. The van der Waals surface area contributed by atoms with E-state index in [4.69, 9.17) is 16.3 Å². The summed E-state index contributed by atoms with van der Waals surface area (Å²) < 4.78 is 18.6. The van der Waals surface area contributed by atoms with Gasteiger partial charge in [0.05, 0.1) is 30.3 Å². The third-order valence-corrected chi connectivity index (χ3v) is 7.63. The van der Waals surface area contributed by atoms with Gasteiger partial charge in [0.2, 0.25) is 0 Å². The van der Waals surface area contributed by atoms with Crippen molar-refractivity contribution in [3.8, 4) is 17.6 Å². The maximum absolute atomic E-state index is 13.3. The number of hydrogen-bond acceptors (Lipinski definition) is 5. The average Bonchev–Trinajstić information content (AvgIpc) is 2.91. The first kappa shape index (κ1) is 27.8. The number of pyridine rings is 1. The minimum absolute atomic E-state index is 0.114. The highest BCUT2D eigenvalue weighted by molar-refractivity contribution is 6.31. The third kappa shape index (κ3) is 7.22. The van der Waals surface area contributed by atoms with Crippen molar-refractivity contribution in [3.63, 3.8) is 0 Å². The number of carboxylic acids is 1. The van der Waals surface area contributed by atoms with E-state index in [-0.39, 0.29) is 17.4 Å². The summed E-state index contributed by atoms with van der Waals surface area (Å²) in [5.74, 6) is 6.15. The summed E-state index contributed by atoms with van der Waals surface area (Å²) >= 11 is 6.07. The standard InChI is InChI=1S/C30H32ClFN2O4/c1-38-24-8-9-28-26(18-24)25(12-14-33-28)29(35)10-5-20-13-16-34(19-22(20)6-11-30(36)37)15-2-3-21-4-7-23(32)17-27(21)31/h4,7-9,12,14,17-18,20,22,29,35H,5-6,10-11,13,15-16,19H2,1H3,(H,36,37)/t20-,22-,29-/m1/s1. The highest BCUT2D eigenvalue weighted by Gasteiger charge is 2.30. The van der Waals surface area contributed by atoms with Crippen LogP contribution in [-0.4, -0.2) is 52.8 Å². The van der Waals surface area contributed by atoms with Crippen molar-refractivity contribution in [2.24, 2.45) is 11.8 Å². The molecule has 3 atom stereocenters. The second kappa shape index (κ2) is 13.1. The molecule has 1 fully saturated rings. The van der Waals surface area contributed by atoms with Crippen molar-refractivity contribution < 1.29 is 24.1 Å². The van der Waals surface area contributed by atoms with Crippen LogP contribution < -0.4 is 4.74 Å². The monoisotopic (exact) mass is 538 g/mol. The number of aliphatic carboxylic acids is 1. The van der Waals surface area contributed by atoms with Gasteiger partial charge in [-0.05, 0) is 92.1 Å². The van der Waals surface area contributed by atoms with Gasteiger partial charge in [-0.2, -0.15) is 0 Å². The average molecular weight is 539 g/mol. The number of likely N-dealkylation sites (tertiary alicyclic amines) is 1. The van der Waals surface area contributed by atoms with Crippen LogP contribution in [-0.2, 0) is 4.79 Å². The van der Waals surface area contributed by atoms with E-state index < -0.39 is 17.9 Å². The van der Waals surface area contributed by atoms with E-state index in [2.05, 4.69) is 21.7 Å². The Hall–Kier alpha value is -3.18. The molecule has 2 heterocycles. The summed E-state index contributed by atoms with van der Waals surface area (Å²) in [7, 11) is 1.61. The van der Waals surface area contributed by atoms with Crippen LogP contribution in [0.25, 0.3) is 10.9 Å². The summed E-state index contributed by atoms with van der Waals surface area (Å²) in [6.07, 6.45) is 4.03. The molecule has 3 aromatic rings. The molecular weight excluding hydrogens is 507 g/mol. The van der Waals surface area contributed by atoms with Crippen LogP contribution in [0.2, 0.25) is 5.02 Å². The number of fused-ring (bicyclic) bond motifs is 1. The quantitative estimate of drug-likeness (QED) is 0.340. The zero-order valence-electron chi connectivity index (χ0n) is 21.4. The first-order valence-electron chi connectivity index (χ1n) is 12.8. The number of carboxylic acid groups (broad SMARTS) is 1. The second-order valence-electron chi connectivity index (χ2n) is 9.78. The summed E-state index contributed by atoms with van der Waals surface area (Å²) in [4.78, 5) is 17.9. The normalized spacial score (nSPS) is 18.5. The number of aromatic nitrogens is 1. The van der Waals surface area contributed by atoms with Crippen molar-refractivity contribution in [2.45, 2.75) is 38.2 Å². The van der Waals surface area contributed by atoms with Crippen LogP contribution in [0.3, 0.4) is 0 Å². The number of carbonyl (C=O) groups is 1. The molecule has 6 nitrogen and oxygen atoms in total. The van der Waals surface area contributed by atoms with E-state index in [1.165, 1.54) is 12.1 Å². The molecular formula is C30H32ClFN2O4. The number of nitrogens with zero attached hydrogens (tertiary/aromatic N) is 2. The molecule has 0 bridgehead atoms. The maximum Gasteiger partial charge on any atom is 0.303 e. The van der Waals surface area contributed by atoms with Crippen LogP contribution in [0, 0.1) is 29.5 Å². The van der Waals surface area contributed by atoms with Crippen molar-refractivity contribution in [1.82, 2.24) is 9.88 Å². The minimum atomic E-state index is -0.802. The Bertz CT molecular complexity index is 1340. The van der Waals surface area contributed by atoms with Gasteiger partial charge in [0.1, 0.15) is 11.6 Å². The predicted molar refractivity (Wildman–Crippen MR) is 146 cm³/mol. The van der Waals surface area contributed by atoms with Gasteiger partial charge in [0.25, 0.3) is 0 Å². The van der Waals surface area contributed by atoms with E-state index in [0.29, 0.717) is 36.6 Å². The van der Waals surface area contributed by atoms with Crippen LogP contribution in [0.5, 0.6) is 5.75 Å². The van der Waals surface area contributed by atoms with Crippen LogP contribution in [0.4, 0.5) is 4.39 Å². The van der Waals surface area contributed by atoms with Gasteiger partial charge in [0, 0.05) is 30.1 Å². The predicted octanol–water partition coefficient (Wildman–Crippen LogP) is 5.70. The lowest BCUT2D eigenvalue weighted by atomic mass is 9.79. The highest BCUT2D eigenvalue weighted by Crippen LogP contribution is 2.35. The van der Waals surface area contributed by atoms with Crippen molar-refractivity contribution in [3.05, 3.63) is 70.6 Å². The lowest BCUT2D eigenvalue weighted by molar-refractivity contribution is -0.137. The Morgan fingerprint density at radius 2 is 2.08 bits per heavy atom. The fraction of sp³-hybridized carbons (Fsp3) is 0.400. The highest BCUT2D eigenvalue weighted by atomic mass is 35.5. The summed E-state index contributed by atoms with van der Waals surface area (Å²) in [5, 5.41) is 21.6. The number of piperidine rings is 1. The number of ether oxygens (including phenoxy) is 1. The smallest absolute Gasteiger partial charge is 0.303 e. The van der Waals surface area contributed by atoms with E-state index in [1.807, 2.05) is 24.3 Å². The second-order valence-corrected chi connectivity index (χ2v) is 10.2. The van der Waals surface area contributed by atoms with Gasteiger partial charge in [0.15, 0.2) is 0 Å². The molecule has 2 N–H and O–H groups in total. The SMILES string of the molecule is COc1ccc2nccc([C@H](O)CC[C@@H]3CCN(CC#Cc4ccc(F)cc4Cl)C[C@H]3CCC(=O)O)c2c1. The largest absolute Gasteiger partial charge is 0.497 e. The number of rotatable bonds is 9. The molecule has 8 heteroatoms. The number of aliphatic hydroxyl groups is 1. The molecule has 1 aliphatic heterocycles. The van der Waals surface area contributed by atoms with E-state index >= 15 is 0 Å². The lowest BCUT2D eigenvalue weighted by Gasteiger charge is -2.38. The molecule has 0 aliphatic carbocycles. The lowest BCUT2D eigenvalue weighted by Crippen LogP contribution is -2.41. The van der Waals surface area contributed by atoms with Crippen LogP contribution in [0.15, 0.2) is 48.7 Å². The molecule has 1 aromatic heterocycles. The van der Waals surface area contributed by atoms with Gasteiger partial charge < -0.3 is 14.9 Å². The molecule has 0 amide bonds. The molecule has 38 heavy (non-hydrogen) atoms. The Morgan fingerprint density at radius 3 is 2.84 bits per heavy atom. The van der Waals surface area contributed by atoms with E-state index in [0.717, 1.165) is 42.4 Å². The number of benzene rings is 2. The van der Waals surface area contributed by atoms with Gasteiger partial charge in [-0.15, -0.1) is 0 Å². The molecule has 1 aliphatic rings. The zero-order chi connectivity index (χ0) is 27.1. The third-order valence-electron chi connectivity index (χ3n) is 7.31. The fourth-order valence-electron chi connectivity index (χ4n) is 5.24. The molecule has 0 radical (unpaired) electrons. The van der Waals surface area contributed by atoms with Crippen molar-refractivity contribution in [2.75, 3.05) is 26.7 Å². The maximum atomic E-state index is 13.3. The Labute approximate surface area is 227 Å². The van der Waals surface area contributed by atoms with Gasteiger partial charge in [-0.3, -0.25) is 14.7 Å². The van der Waals surface area contributed by atoms with Gasteiger partial charge in [-0.1, -0.05) is 23.4 Å². The summed E-state index contributed by atoms with van der Waals surface area (Å²) in [6, 6.07) is 11.6. The number of halogens is 2. The molecule has 0 unspecified atom stereocenters. The Balaban J connectivity index is 1.40. The topological polar surface area (TPSA) is 82.9 Å². The zero-order valence-corrected chi connectivity index (χ0v) is 22.1. The van der Waals surface area contributed by atoms with Gasteiger partial charge >= 0.3 is 5.97 Å². The Kier molecular flexibility index (Phi) is 9.57. The van der Waals surface area contributed by atoms with Crippen LogP contribution in [0.1, 0.15) is 49.3 Å².